The number of hydrogen-bond donors (Lipinski definition) is 1. The molecular formula is C11H20N2. The van der Waals surface area contributed by atoms with E-state index in [0.717, 1.165) is 5.84 Å². The van der Waals surface area contributed by atoms with Gasteiger partial charge in [-0.3, -0.25) is 4.99 Å². The van der Waals surface area contributed by atoms with Gasteiger partial charge in [-0.25, -0.2) is 0 Å². The molecule has 0 aliphatic heterocycles. The summed E-state index contributed by atoms with van der Waals surface area (Å²) >= 11 is 0. The van der Waals surface area contributed by atoms with Crippen LogP contribution in [0.4, 0.5) is 0 Å². The molecular weight excluding hydrogens is 160 g/mol. The minimum atomic E-state index is 0.185. The predicted octanol–water partition coefficient (Wildman–Crippen LogP) is 2.48. The van der Waals surface area contributed by atoms with Crippen LogP contribution >= 0.6 is 0 Å². The second kappa shape index (κ2) is 3.32. The molecule has 2 nitrogen and oxygen atoms in total. The molecule has 2 rings (SSSR count). The summed E-state index contributed by atoms with van der Waals surface area (Å²) in [5.41, 5.74) is 6.13. The van der Waals surface area contributed by atoms with Gasteiger partial charge < -0.3 is 5.73 Å². The highest BCUT2D eigenvalue weighted by atomic mass is 14.9. The van der Waals surface area contributed by atoms with E-state index in [1.165, 1.54) is 44.9 Å². The number of nitrogens with zero attached hydrogens (tertiary/aromatic N) is 1. The van der Waals surface area contributed by atoms with Crippen molar-refractivity contribution in [3.63, 3.8) is 0 Å². The molecule has 2 heteroatoms. The smallest absolute Gasteiger partial charge is 0.0975 e. The molecule has 2 fully saturated rings. The normalized spacial score (nSPS) is 28.8. The number of hydrogen-bond acceptors (Lipinski definition) is 1. The highest BCUT2D eigenvalue weighted by molar-refractivity contribution is 5.85. The number of aliphatic imine (C=N–C) groups is 1. The average Bonchev–Trinajstić information content (AvgIpc) is 2.86. The number of amidine groups is 1. The largest absolute Gasteiger partial charge is 0.387 e. The molecule has 0 aromatic rings. The van der Waals surface area contributed by atoms with Crippen LogP contribution in [0.2, 0.25) is 0 Å². The van der Waals surface area contributed by atoms with Gasteiger partial charge in [0.1, 0.15) is 0 Å². The SMILES string of the molecule is CC1(N=C(N)C2CC2)CCCCC1. The third kappa shape index (κ3) is 2.23. The molecule has 0 bridgehead atoms. The second-order valence-electron chi connectivity index (χ2n) is 4.87. The minimum Gasteiger partial charge on any atom is -0.387 e. The molecule has 2 N–H and O–H groups in total. The lowest BCUT2D eigenvalue weighted by atomic mass is 9.84. The van der Waals surface area contributed by atoms with Crippen LogP contribution in [0.3, 0.4) is 0 Å². The Hall–Kier alpha value is -0.530. The molecule has 0 heterocycles. The first kappa shape index (κ1) is 9.04. The van der Waals surface area contributed by atoms with Gasteiger partial charge >= 0.3 is 0 Å². The molecule has 2 saturated carbocycles. The van der Waals surface area contributed by atoms with E-state index in [4.69, 9.17) is 10.7 Å². The van der Waals surface area contributed by atoms with E-state index in [9.17, 15) is 0 Å². The lowest BCUT2D eigenvalue weighted by Gasteiger charge is -2.30. The molecule has 0 aromatic carbocycles. The maximum Gasteiger partial charge on any atom is 0.0975 e. The predicted molar refractivity (Wildman–Crippen MR) is 55.8 cm³/mol. The van der Waals surface area contributed by atoms with E-state index in [1.807, 2.05) is 0 Å². The lowest BCUT2D eigenvalue weighted by Crippen LogP contribution is -2.29. The van der Waals surface area contributed by atoms with Gasteiger partial charge in [-0.15, -0.1) is 0 Å². The Morgan fingerprint density at radius 3 is 2.38 bits per heavy atom. The van der Waals surface area contributed by atoms with Crippen LogP contribution in [0, 0.1) is 5.92 Å². The van der Waals surface area contributed by atoms with Gasteiger partial charge in [-0.2, -0.15) is 0 Å². The topological polar surface area (TPSA) is 38.4 Å². The molecule has 74 valence electrons. The Morgan fingerprint density at radius 1 is 1.23 bits per heavy atom. The van der Waals surface area contributed by atoms with Gasteiger partial charge in [0.2, 0.25) is 0 Å². The molecule has 0 saturated heterocycles. The summed E-state index contributed by atoms with van der Waals surface area (Å²) in [6.07, 6.45) is 9.06. The van der Waals surface area contributed by atoms with Crippen LogP contribution in [0.5, 0.6) is 0 Å². The van der Waals surface area contributed by atoms with Crippen LogP contribution in [-0.4, -0.2) is 11.4 Å². The summed E-state index contributed by atoms with van der Waals surface area (Å²) in [5, 5.41) is 0. The molecule has 13 heavy (non-hydrogen) atoms. The fourth-order valence-corrected chi connectivity index (χ4v) is 2.21. The Bertz CT molecular complexity index is 210. The summed E-state index contributed by atoms with van der Waals surface area (Å²) in [4.78, 5) is 4.72. The van der Waals surface area contributed by atoms with Crippen LogP contribution in [-0.2, 0) is 0 Å². The summed E-state index contributed by atoms with van der Waals surface area (Å²) in [5.74, 6) is 1.57. The fraction of sp³-hybridized carbons (Fsp3) is 0.909. The van der Waals surface area contributed by atoms with Crippen molar-refractivity contribution in [1.29, 1.82) is 0 Å². The van der Waals surface area contributed by atoms with Crippen molar-refractivity contribution >= 4 is 5.84 Å². The van der Waals surface area contributed by atoms with Crippen LogP contribution in [0.1, 0.15) is 51.9 Å². The van der Waals surface area contributed by atoms with Gasteiger partial charge in [0, 0.05) is 5.92 Å². The molecule has 0 aromatic heterocycles. The first-order valence-corrected chi connectivity index (χ1v) is 5.55. The zero-order chi connectivity index (χ0) is 9.31. The molecule has 0 radical (unpaired) electrons. The third-order valence-corrected chi connectivity index (χ3v) is 3.33. The zero-order valence-electron chi connectivity index (χ0n) is 8.55. The summed E-state index contributed by atoms with van der Waals surface area (Å²) in [6.45, 7) is 2.27. The van der Waals surface area contributed by atoms with Crippen LogP contribution < -0.4 is 5.73 Å². The Kier molecular flexibility index (Phi) is 2.31. The third-order valence-electron chi connectivity index (χ3n) is 3.33. The van der Waals surface area contributed by atoms with Crippen molar-refractivity contribution in [2.45, 2.75) is 57.4 Å². The molecule has 0 unspecified atom stereocenters. The molecule has 0 spiro atoms. The standard InChI is InChI=1S/C11H20N2/c1-11(7-3-2-4-8-11)13-10(12)9-5-6-9/h9H,2-8H2,1H3,(H2,12,13). The van der Waals surface area contributed by atoms with Gasteiger partial charge in [-0.1, -0.05) is 19.3 Å². The van der Waals surface area contributed by atoms with Crippen molar-refractivity contribution in [3.8, 4) is 0 Å². The van der Waals surface area contributed by atoms with E-state index in [0.29, 0.717) is 5.92 Å². The molecule has 2 aliphatic carbocycles. The van der Waals surface area contributed by atoms with E-state index in [2.05, 4.69) is 6.92 Å². The number of nitrogens with two attached hydrogens (primary N) is 1. The summed E-state index contributed by atoms with van der Waals surface area (Å²) in [6, 6.07) is 0. The van der Waals surface area contributed by atoms with Crippen LogP contribution in [0.15, 0.2) is 4.99 Å². The Labute approximate surface area is 80.6 Å². The van der Waals surface area contributed by atoms with Gasteiger partial charge in [0.25, 0.3) is 0 Å². The maximum absolute atomic E-state index is 5.95. The second-order valence-corrected chi connectivity index (χ2v) is 4.87. The van der Waals surface area contributed by atoms with Crippen molar-refractivity contribution in [3.05, 3.63) is 0 Å². The first-order chi connectivity index (χ1) is 6.20. The first-order valence-electron chi connectivity index (χ1n) is 5.55. The summed E-state index contributed by atoms with van der Waals surface area (Å²) in [7, 11) is 0. The van der Waals surface area contributed by atoms with Crippen molar-refractivity contribution in [1.82, 2.24) is 0 Å². The van der Waals surface area contributed by atoms with Gasteiger partial charge in [-0.05, 0) is 32.6 Å². The Balaban J connectivity index is 2.00. The molecule has 0 amide bonds. The van der Waals surface area contributed by atoms with Crippen molar-refractivity contribution in [2.24, 2.45) is 16.6 Å². The average molecular weight is 180 g/mol. The van der Waals surface area contributed by atoms with E-state index in [-0.39, 0.29) is 5.54 Å². The summed E-state index contributed by atoms with van der Waals surface area (Å²) < 4.78 is 0. The van der Waals surface area contributed by atoms with E-state index in [1.54, 1.807) is 0 Å². The van der Waals surface area contributed by atoms with Gasteiger partial charge in [0.05, 0.1) is 11.4 Å². The quantitative estimate of drug-likeness (QED) is 0.514. The van der Waals surface area contributed by atoms with Crippen molar-refractivity contribution < 1.29 is 0 Å². The van der Waals surface area contributed by atoms with Crippen molar-refractivity contribution in [2.75, 3.05) is 0 Å². The van der Waals surface area contributed by atoms with E-state index >= 15 is 0 Å². The fourth-order valence-electron chi connectivity index (χ4n) is 2.21. The van der Waals surface area contributed by atoms with Gasteiger partial charge in [0.15, 0.2) is 0 Å². The molecule has 0 atom stereocenters. The zero-order valence-corrected chi connectivity index (χ0v) is 8.55. The Morgan fingerprint density at radius 2 is 1.85 bits per heavy atom. The monoisotopic (exact) mass is 180 g/mol. The highest BCUT2D eigenvalue weighted by Gasteiger charge is 2.30. The van der Waals surface area contributed by atoms with Crippen LogP contribution in [0.25, 0.3) is 0 Å². The molecule has 2 aliphatic rings. The van der Waals surface area contributed by atoms with E-state index < -0.39 is 0 Å². The maximum atomic E-state index is 5.95. The lowest BCUT2D eigenvalue weighted by molar-refractivity contribution is 0.324. The minimum absolute atomic E-state index is 0.185. The highest BCUT2D eigenvalue weighted by Crippen LogP contribution is 2.34. The number of rotatable bonds is 2.